The molecule has 94 valence electrons. The number of halogens is 2. The highest BCUT2D eigenvalue weighted by Crippen LogP contribution is 2.22. The van der Waals surface area contributed by atoms with Crippen LogP contribution in [0.3, 0.4) is 0 Å². The maximum absolute atomic E-state index is 9.46. The van der Waals surface area contributed by atoms with Gasteiger partial charge in [-0.2, -0.15) is 0 Å². The summed E-state index contributed by atoms with van der Waals surface area (Å²) < 4.78 is 1.03. The third-order valence-electron chi connectivity index (χ3n) is 2.64. The van der Waals surface area contributed by atoms with Crippen LogP contribution < -0.4 is 5.32 Å². The second-order valence-corrected chi connectivity index (χ2v) is 5.29. The summed E-state index contributed by atoms with van der Waals surface area (Å²) in [5, 5.41) is 13.4. The molecule has 0 spiro atoms. The van der Waals surface area contributed by atoms with Gasteiger partial charge in [0.15, 0.2) is 0 Å². The Morgan fingerprint density at radius 3 is 2.22 bits per heavy atom. The van der Waals surface area contributed by atoms with E-state index < -0.39 is 0 Å². The van der Waals surface area contributed by atoms with Crippen molar-refractivity contribution >= 4 is 33.2 Å². The minimum atomic E-state index is -0.136. The van der Waals surface area contributed by atoms with Crippen LogP contribution in [0.25, 0.3) is 0 Å². The second-order valence-electron chi connectivity index (χ2n) is 3.94. The van der Waals surface area contributed by atoms with Crippen LogP contribution in [0.15, 0.2) is 53.0 Å². The first-order valence-electron chi connectivity index (χ1n) is 5.57. The standard InChI is InChI=1S/C14H13BrClNO/c15-11-3-7-13(8-4-11)17-14(9-18)10-1-5-12(16)6-2-10/h1-8,14,17-18H,9H2/t14-/m1/s1. The first kappa shape index (κ1) is 13.4. The van der Waals surface area contributed by atoms with Crippen molar-refractivity contribution in [3.63, 3.8) is 0 Å². The van der Waals surface area contributed by atoms with E-state index in [4.69, 9.17) is 11.6 Å². The van der Waals surface area contributed by atoms with E-state index in [0.717, 1.165) is 15.7 Å². The molecule has 0 aliphatic carbocycles. The Kier molecular flexibility index (Phi) is 4.64. The minimum absolute atomic E-state index is 0.0255. The van der Waals surface area contributed by atoms with Crippen LogP contribution in [0.4, 0.5) is 5.69 Å². The van der Waals surface area contributed by atoms with Gasteiger partial charge >= 0.3 is 0 Å². The second kappa shape index (κ2) is 6.23. The number of rotatable bonds is 4. The molecule has 2 rings (SSSR count). The maximum Gasteiger partial charge on any atom is 0.0745 e. The monoisotopic (exact) mass is 325 g/mol. The average molecular weight is 327 g/mol. The maximum atomic E-state index is 9.46. The Morgan fingerprint density at radius 2 is 1.67 bits per heavy atom. The molecule has 0 fully saturated rings. The van der Waals surface area contributed by atoms with Crippen molar-refractivity contribution < 1.29 is 5.11 Å². The molecule has 2 nitrogen and oxygen atoms in total. The number of nitrogens with one attached hydrogen (secondary N) is 1. The molecule has 18 heavy (non-hydrogen) atoms. The summed E-state index contributed by atoms with van der Waals surface area (Å²) >= 11 is 9.24. The Bertz CT molecular complexity index is 498. The first-order chi connectivity index (χ1) is 8.69. The number of anilines is 1. The number of aliphatic hydroxyl groups excluding tert-OH is 1. The molecule has 0 saturated carbocycles. The molecule has 0 radical (unpaired) electrons. The van der Waals surface area contributed by atoms with E-state index >= 15 is 0 Å². The van der Waals surface area contributed by atoms with Gasteiger partial charge in [-0.25, -0.2) is 0 Å². The fourth-order valence-electron chi connectivity index (χ4n) is 1.68. The molecule has 1 atom stereocenters. The number of hydrogen-bond donors (Lipinski definition) is 2. The van der Waals surface area contributed by atoms with Crippen LogP contribution >= 0.6 is 27.5 Å². The Hall–Kier alpha value is -1.03. The largest absolute Gasteiger partial charge is 0.394 e. The van der Waals surface area contributed by atoms with Crippen molar-refractivity contribution in [3.05, 3.63) is 63.6 Å². The average Bonchev–Trinajstić information content (AvgIpc) is 2.39. The van der Waals surface area contributed by atoms with Crippen LogP contribution in [0.5, 0.6) is 0 Å². The Balaban J connectivity index is 2.14. The van der Waals surface area contributed by atoms with E-state index in [1.54, 1.807) is 0 Å². The van der Waals surface area contributed by atoms with Crippen LogP contribution in [0.1, 0.15) is 11.6 Å². The topological polar surface area (TPSA) is 32.3 Å². The quantitative estimate of drug-likeness (QED) is 0.880. The van der Waals surface area contributed by atoms with E-state index in [0.29, 0.717) is 5.02 Å². The van der Waals surface area contributed by atoms with Gasteiger partial charge in [-0.05, 0) is 42.0 Å². The molecule has 2 aromatic carbocycles. The predicted octanol–water partition coefficient (Wildman–Crippen LogP) is 4.25. The fraction of sp³-hybridized carbons (Fsp3) is 0.143. The first-order valence-corrected chi connectivity index (χ1v) is 6.74. The van der Waals surface area contributed by atoms with Crippen molar-refractivity contribution in [1.82, 2.24) is 0 Å². The third-order valence-corrected chi connectivity index (χ3v) is 3.42. The molecule has 0 aliphatic heterocycles. The smallest absolute Gasteiger partial charge is 0.0745 e. The van der Waals surface area contributed by atoms with Crippen molar-refractivity contribution in [3.8, 4) is 0 Å². The van der Waals surface area contributed by atoms with E-state index in [9.17, 15) is 5.11 Å². The molecule has 0 unspecified atom stereocenters. The SMILES string of the molecule is OC[C@@H](Nc1ccc(Br)cc1)c1ccc(Cl)cc1. The lowest BCUT2D eigenvalue weighted by atomic mass is 10.1. The van der Waals surface area contributed by atoms with Gasteiger partial charge in [-0.15, -0.1) is 0 Å². The molecule has 0 aromatic heterocycles. The van der Waals surface area contributed by atoms with Crippen LogP contribution in [-0.2, 0) is 0 Å². The molecular formula is C14H13BrClNO. The number of benzene rings is 2. The van der Waals surface area contributed by atoms with Crippen LogP contribution in [-0.4, -0.2) is 11.7 Å². The molecule has 2 N–H and O–H groups in total. The van der Waals surface area contributed by atoms with Gasteiger partial charge in [0.05, 0.1) is 12.6 Å². The Morgan fingerprint density at radius 1 is 1.06 bits per heavy atom. The van der Waals surface area contributed by atoms with Gasteiger partial charge in [-0.3, -0.25) is 0 Å². The predicted molar refractivity (Wildman–Crippen MR) is 79.0 cm³/mol. The molecule has 0 amide bonds. The lowest BCUT2D eigenvalue weighted by Crippen LogP contribution is -2.14. The summed E-state index contributed by atoms with van der Waals surface area (Å²) in [4.78, 5) is 0. The van der Waals surface area contributed by atoms with Crippen molar-refractivity contribution in [2.24, 2.45) is 0 Å². The van der Waals surface area contributed by atoms with Gasteiger partial charge < -0.3 is 10.4 Å². The highest BCUT2D eigenvalue weighted by molar-refractivity contribution is 9.10. The number of hydrogen-bond acceptors (Lipinski definition) is 2. The molecular weight excluding hydrogens is 314 g/mol. The summed E-state index contributed by atoms with van der Waals surface area (Å²) in [7, 11) is 0. The molecule has 0 saturated heterocycles. The highest BCUT2D eigenvalue weighted by atomic mass is 79.9. The molecule has 4 heteroatoms. The van der Waals surface area contributed by atoms with E-state index in [1.807, 2.05) is 48.5 Å². The zero-order chi connectivity index (χ0) is 13.0. The zero-order valence-corrected chi connectivity index (χ0v) is 11.9. The normalized spacial score (nSPS) is 12.2. The fourth-order valence-corrected chi connectivity index (χ4v) is 2.07. The number of aliphatic hydroxyl groups is 1. The van der Waals surface area contributed by atoms with Gasteiger partial charge in [0, 0.05) is 15.2 Å². The summed E-state index contributed by atoms with van der Waals surface area (Å²) in [6, 6.07) is 15.2. The Labute approximate surface area is 120 Å². The summed E-state index contributed by atoms with van der Waals surface area (Å²) in [6.45, 7) is 0.0255. The van der Waals surface area contributed by atoms with Gasteiger partial charge in [-0.1, -0.05) is 39.7 Å². The molecule has 0 heterocycles. The summed E-state index contributed by atoms with van der Waals surface area (Å²) in [5.41, 5.74) is 1.97. The minimum Gasteiger partial charge on any atom is -0.394 e. The van der Waals surface area contributed by atoms with Crippen LogP contribution in [0.2, 0.25) is 5.02 Å². The molecule has 2 aromatic rings. The van der Waals surface area contributed by atoms with E-state index in [1.165, 1.54) is 0 Å². The van der Waals surface area contributed by atoms with E-state index in [-0.39, 0.29) is 12.6 Å². The lowest BCUT2D eigenvalue weighted by Gasteiger charge is -2.18. The highest BCUT2D eigenvalue weighted by Gasteiger charge is 2.09. The third kappa shape index (κ3) is 3.48. The van der Waals surface area contributed by atoms with Crippen LogP contribution in [0, 0.1) is 0 Å². The van der Waals surface area contributed by atoms with Gasteiger partial charge in [0.25, 0.3) is 0 Å². The molecule has 0 bridgehead atoms. The van der Waals surface area contributed by atoms with E-state index in [2.05, 4.69) is 21.2 Å². The van der Waals surface area contributed by atoms with Gasteiger partial charge in [0.2, 0.25) is 0 Å². The zero-order valence-electron chi connectivity index (χ0n) is 9.61. The van der Waals surface area contributed by atoms with Crippen molar-refractivity contribution in [1.29, 1.82) is 0 Å². The van der Waals surface area contributed by atoms with Crippen molar-refractivity contribution in [2.75, 3.05) is 11.9 Å². The summed E-state index contributed by atoms with van der Waals surface area (Å²) in [6.07, 6.45) is 0. The summed E-state index contributed by atoms with van der Waals surface area (Å²) in [5.74, 6) is 0. The molecule has 0 aliphatic rings. The lowest BCUT2D eigenvalue weighted by molar-refractivity contribution is 0.276. The van der Waals surface area contributed by atoms with Crippen molar-refractivity contribution in [2.45, 2.75) is 6.04 Å². The van der Waals surface area contributed by atoms with Gasteiger partial charge in [0.1, 0.15) is 0 Å².